The quantitative estimate of drug-likeness (QED) is 0.126. The third-order valence-electron chi connectivity index (χ3n) is 6.09. The number of hydrogen-bond donors (Lipinski definition) is 3. The largest absolute Gasteiger partial charge is 0.379 e. The van der Waals surface area contributed by atoms with Crippen molar-refractivity contribution in [1.82, 2.24) is 10.6 Å². The third-order valence-corrected chi connectivity index (χ3v) is 6.09. The molecule has 0 aromatic carbocycles. The lowest BCUT2D eigenvalue weighted by molar-refractivity contribution is -0.121. The maximum atomic E-state index is 12.1. The molecule has 0 heterocycles. The van der Waals surface area contributed by atoms with Gasteiger partial charge in [-0.15, -0.1) is 0 Å². The topological polar surface area (TPSA) is 61.4 Å². The van der Waals surface area contributed by atoms with Gasteiger partial charge in [0.2, 0.25) is 5.91 Å². The molecular formula is C26H54N2O2. The van der Waals surface area contributed by atoms with E-state index in [1.165, 1.54) is 64.2 Å². The van der Waals surface area contributed by atoms with Gasteiger partial charge in [0.25, 0.3) is 0 Å². The van der Waals surface area contributed by atoms with Crippen molar-refractivity contribution in [3.05, 3.63) is 0 Å². The van der Waals surface area contributed by atoms with Crippen LogP contribution >= 0.6 is 0 Å². The molecule has 0 fully saturated rings. The molecule has 1 amide bonds. The van der Waals surface area contributed by atoms with Crippen LogP contribution < -0.4 is 10.6 Å². The molecule has 4 heteroatoms. The van der Waals surface area contributed by atoms with Crippen molar-refractivity contribution < 1.29 is 9.90 Å². The molecule has 0 saturated carbocycles. The fourth-order valence-electron chi connectivity index (χ4n) is 4.07. The molecular weight excluding hydrogens is 372 g/mol. The van der Waals surface area contributed by atoms with E-state index in [9.17, 15) is 9.90 Å². The summed E-state index contributed by atoms with van der Waals surface area (Å²) in [6.45, 7) is 8.42. The van der Waals surface area contributed by atoms with Gasteiger partial charge in [-0.25, -0.2) is 0 Å². The molecule has 0 aliphatic carbocycles. The Hall–Kier alpha value is -0.610. The van der Waals surface area contributed by atoms with E-state index in [4.69, 9.17) is 0 Å². The lowest BCUT2D eigenvalue weighted by atomic mass is 9.92. The van der Waals surface area contributed by atoms with E-state index in [2.05, 4.69) is 31.4 Å². The van der Waals surface area contributed by atoms with Gasteiger partial charge in [0, 0.05) is 13.0 Å². The van der Waals surface area contributed by atoms with Gasteiger partial charge in [-0.05, 0) is 44.6 Å². The zero-order valence-electron chi connectivity index (χ0n) is 20.7. The van der Waals surface area contributed by atoms with Crippen molar-refractivity contribution in [3.8, 4) is 0 Å². The van der Waals surface area contributed by atoms with Gasteiger partial charge in [0.15, 0.2) is 0 Å². The second-order valence-corrected chi connectivity index (χ2v) is 9.13. The summed E-state index contributed by atoms with van der Waals surface area (Å²) in [4.78, 5) is 12.1. The average Bonchev–Trinajstić information content (AvgIpc) is 2.74. The van der Waals surface area contributed by atoms with Crippen LogP contribution in [0, 0.1) is 5.92 Å². The van der Waals surface area contributed by atoms with Gasteiger partial charge in [-0.3, -0.25) is 10.1 Å². The van der Waals surface area contributed by atoms with Crippen LogP contribution in [-0.4, -0.2) is 30.3 Å². The van der Waals surface area contributed by atoms with Gasteiger partial charge in [-0.1, -0.05) is 97.8 Å². The summed E-state index contributed by atoms with van der Waals surface area (Å²) in [5, 5.41) is 16.5. The van der Waals surface area contributed by atoms with E-state index < -0.39 is 6.23 Å². The fraction of sp³-hybridized carbons (Fsp3) is 0.962. The molecule has 0 radical (unpaired) electrons. The molecule has 180 valence electrons. The molecule has 3 N–H and O–H groups in total. The Morgan fingerprint density at radius 3 is 1.83 bits per heavy atom. The number of aliphatic hydroxyl groups is 1. The van der Waals surface area contributed by atoms with Crippen molar-refractivity contribution in [3.63, 3.8) is 0 Å². The van der Waals surface area contributed by atoms with Crippen LogP contribution in [0.2, 0.25) is 0 Å². The van der Waals surface area contributed by atoms with Crippen LogP contribution in [0.4, 0.5) is 0 Å². The zero-order valence-corrected chi connectivity index (χ0v) is 20.7. The monoisotopic (exact) mass is 426 g/mol. The average molecular weight is 427 g/mol. The maximum Gasteiger partial charge on any atom is 0.220 e. The number of carbonyl (C=O) groups excluding carboxylic acids is 1. The third kappa shape index (κ3) is 20.7. The Morgan fingerprint density at radius 1 is 0.667 bits per heavy atom. The van der Waals surface area contributed by atoms with Gasteiger partial charge in [0.05, 0.1) is 0 Å². The first-order chi connectivity index (χ1) is 14.6. The maximum absolute atomic E-state index is 12.1. The van der Waals surface area contributed by atoms with E-state index in [-0.39, 0.29) is 5.91 Å². The molecule has 2 atom stereocenters. The molecule has 0 aliphatic rings. The van der Waals surface area contributed by atoms with Crippen molar-refractivity contribution in [2.75, 3.05) is 13.1 Å². The van der Waals surface area contributed by atoms with E-state index >= 15 is 0 Å². The Bertz CT molecular complexity index is 363. The molecule has 0 rings (SSSR count). The summed E-state index contributed by atoms with van der Waals surface area (Å²) in [6, 6.07) is 0. The van der Waals surface area contributed by atoms with Crippen molar-refractivity contribution >= 4 is 5.91 Å². The number of nitrogens with one attached hydrogen (secondary N) is 2. The molecule has 2 unspecified atom stereocenters. The lowest BCUT2D eigenvalue weighted by Crippen LogP contribution is -2.30. The summed E-state index contributed by atoms with van der Waals surface area (Å²) in [5.41, 5.74) is 0. The first kappa shape index (κ1) is 29.4. The minimum atomic E-state index is -0.401. The Kier molecular flexibility index (Phi) is 22.6. The van der Waals surface area contributed by atoms with Crippen LogP contribution in [0.15, 0.2) is 0 Å². The van der Waals surface area contributed by atoms with E-state index in [0.717, 1.165) is 58.0 Å². The molecule has 30 heavy (non-hydrogen) atoms. The van der Waals surface area contributed by atoms with Crippen molar-refractivity contribution in [2.24, 2.45) is 5.92 Å². The Morgan fingerprint density at radius 2 is 1.23 bits per heavy atom. The van der Waals surface area contributed by atoms with Crippen molar-refractivity contribution in [1.29, 1.82) is 0 Å². The summed E-state index contributed by atoms with van der Waals surface area (Å²) in [5.74, 6) is 0.744. The smallest absolute Gasteiger partial charge is 0.220 e. The SMILES string of the molecule is CCCCCCCCCNC(=O)CCC(CCC)CCC(O)NCCCCCCC. The van der Waals surface area contributed by atoms with E-state index in [1.54, 1.807) is 0 Å². The number of hydrogen-bond acceptors (Lipinski definition) is 3. The highest BCUT2D eigenvalue weighted by atomic mass is 16.3. The summed E-state index contributed by atoms with van der Waals surface area (Å²) < 4.78 is 0. The minimum absolute atomic E-state index is 0.202. The van der Waals surface area contributed by atoms with Gasteiger partial charge in [0.1, 0.15) is 6.23 Å². The van der Waals surface area contributed by atoms with Crippen molar-refractivity contribution in [2.45, 2.75) is 143 Å². The fourth-order valence-corrected chi connectivity index (χ4v) is 4.07. The predicted octanol–water partition coefficient (Wildman–Crippen LogP) is 6.71. The minimum Gasteiger partial charge on any atom is -0.379 e. The summed E-state index contributed by atoms with van der Waals surface area (Å²) >= 11 is 0. The standard InChI is InChI=1S/C26H54N2O2/c1-4-7-9-11-12-14-16-23-28-26(30)21-19-24(17-6-3)18-20-25(29)27-22-15-13-10-8-5-2/h24-25,27,29H,4-23H2,1-3H3,(H,28,30). The number of amides is 1. The molecule has 0 bridgehead atoms. The molecule has 0 saturated heterocycles. The highest BCUT2D eigenvalue weighted by Gasteiger charge is 2.13. The highest BCUT2D eigenvalue weighted by Crippen LogP contribution is 2.20. The number of carbonyl (C=O) groups is 1. The second kappa shape index (κ2) is 23.1. The zero-order chi connectivity index (χ0) is 22.3. The number of aliphatic hydroxyl groups excluding tert-OH is 1. The van der Waals surface area contributed by atoms with Gasteiger partial charge < -0.3 is 10.4 Å². The van der Waals surface area contributed by atoms with E-state index in [0.29, 0.717) is 12.3 Å². The van der Waals surface area contributed by atoms with Crippen LogP contribution in [-0.2, 0) is 4.79 Å². The second-order valence-electron chi connectivity index (χ2n) is 9.13. The van der Waals surface area contributed by atoms with E-state index in [1.807, 2.05) is 0 Å². The van der Waals surface area contributed by atoms with Crippen LogP contribution in [0.5, 0.6) is 0 Å². The normalized spacial score (nSPS) is 13.3. The predicted molar refractivity (Wildman–Crippen MR) is 131 cm³/mol. The Balaban J connectivity index is 3.75. The van der Waals surface area contributed by atoms with Gasteiger partial charge in [-0.2, -0.15) is 0 Å². The van der Waals surface area contributed by atoms with Gasteiger partial charge >= 0.3 is 0 Å². The van der Waals surface area contributed by atoms with Crippen LogP contribution in [0.3, 0.4) is 0 Å². The van der Waals surface area contributed by atoms with Crippen LogP contribution in [0.25, 0.3) is 0 Å². The number of unbranched alkanes of at least 4 members (excludes halogenated alkanes) is 10. The molecule has 0 aliphatic heterocycles. The molecule has 0 aromatic heterocycles. The highest BCUT2D eigenvalue weighted by molar-refractivity contribution is 5.75. The molecule has 0 aromatic rings. The first-order valence-corrected chi connectivity index (χ1v) is 13.3. The summed E-state index contributed by atoms with van der Waals surface area (Å²) in [7, 11) is 0. The lowest BCUT2D eigenvalue weighted by Gasteiger charge is -2.19. The number of rotatable bonds is 23. The Labute approximate surface area is 188 Å². The summed E-state index contributed by atoms with van der Waals surface area (Å²) in [6.07, 6.45) is 20.5. The van der Waals surface area contributed by atoms with Crippen LogP contribution in [0.1, 0.15) is 136 Å². The first-order valence-electron chi connectivity index (χ1n) is 13.3. The molecule has 0 spiro atoms. The molecule has 4 nitrogen and oxygen atoms in total.